The normalized spacial score (nSPS) is 16.0. The van der Waals surface area contributed by atoms with Gasteiger partial charge in [0.2, 0.25) is 0 Å². The van der Waals surface area contributed by atoms with Crippen molar-refractivity contribution in [1.82, 2.24) is 4.98 Å². The highest BCUT2D eigenvalue weighted by atomic mass is 35.5. The van der Waals surface area contributed by atoms with Gasteiger partial charge in [-0.1, -0.05) is 72.3 Å². The van der Waals surface area contributed by atoms with E-state index in [1.807, 2.05) is 30.0 Å². The molecule has 4 aromatic rings. The Morgan fingerprint density at radius 1 is 0.885 bits per heavy atom. The van der Waals surface area contributed by atoms with E-state index >= 15 is 0 Å². The summed E-state index contributed by atoms with van der Waals surface area (Å²) in [6.07, 6.45) is 0.961. The number of nitrogens with zero attached hydrogens (tertiary/aromatic N) is 1. The van der Waals surface area contributed by atoms with E-state index in [9.17, 15) is 0 Å². The fourth-order valence-electron chi connectivity index (χ4n) is 3.64. The van der Waals surface area contributed by atoms with Crippen LogP contribution in [0.1, 0.15) is 16.5 Å². The molecule has 1 atom stereocenters. The van der Waals surface area contributed by atoms with Crippen molar-refractivity contribution in [3.63, 3.8) is 0 Å². The van der Waals surface area contributed by atoms with Gasteiger partial charge in [0.15, 0.2) is 0 Å². The Hall–Kier alpha value is -2.29. The van der Waals surface area contributed by atoms with Crippen LogP contribution in [0, 0.1) is 0 Å². The lowest BCUT2D eigenvalue weighted by Gasteiger charge is -2.13. The Kier molecular flexibility index (Phi) is 3.96. The average Bonchev–Trinajstić information content (AvgIpc) is 3.11. The van der Waals surface area contributed by atoms with Crippen molar-refractivity contribution < 1.29 is 0 Å². The molecule has 3 aromatic carbocycles. The quantitative estimate of drug-likeness (QED) is 0.377. The summed E-state index contributed by atoms with van der Waals surface area (Å²) in [5.41, 5.74) is 6.05. The predicted octanol–water partition coefficient (Wildman–Crippen LogP) is 6.94. The number of pyridine rings is 1. The van der Waals surface area contributed by atoms with Crippen LogP contribution in [0.5, 0.6) is 0 Å². The molecule has 0 aliphatic carbocycles. The molecule has 3 heteroatoms. The zero-order valence-electron chi connectivity index (χ0n) is 14.0. The van der Waals surface area contributed by atoms with E-state index in [0.29, 0.717) is 5.25 Å². The summed E-state index contributed by atoms with van der Waals surface area (Å²) in [4.78, 5) is 6.27. The summed E-state index contributed by atoms with van der Waals surface area (Å²) in [5, 5.41) is 2.29. The smallest absolute Gasteiger partial charge is 0.0713 e. The number of fused-ring (bicyclic) bond motifs is 2. The minimum Gasteiger partial charge on any atom is -0.252 e. The average molecular weight is 374 g/mol. The number of thioether (sulfide) groups is 1. The molecule has 26 heavy (non-hydrogen) atoms. The van der Waals surface area contributed by atoms with Crippen LogP contribution in [-0.4, -0.2) is 4.98 Å². The largest absolute Gasteiger partial charge is 0.252 e. The first kappa shape index (κ1) is 15.9. The summed E-state index contributed by atoms with van der Waals surface area (Å²) in [7, 11) is 0. The summed E-state index contributed by atoms with van der Waals surface area (Å²) in [5.74, 6) is 0. The van der Waals surface area contributed by atoms with E-state index in [-0.39, 0.29) is 0 Å². The number of rotatable bonds is 2. The Balaban J connectivity index is 1.74. The van der Waals surface area contributed by atoms with Crippen LogP contribution in [0.4, 0.5) is 0 Å². The molecule has 1 nitrogen and oxygen atoms in total. The monoisotopic (exact) mass is 373 g/mol. The standard InChI is InChI=1S/C23H16ClNS/c24-17-11-12-19-18(13-17)22(16-9-5-2-6-10-16)23-20(25-19)14-21(26-23)15-7-3-1-4-8-15/h1-13,21H,14H2. The minimum absolute atomic E-state index is 0.411. The van der Waals surface area contributed by atoms with Crippen LogP contribution in [0.2, 0.25) is 5.02 Å². The van der Waals surface area contributed by atoms with Crippen molar-refractivity contribution >= 4 is 34.3 Å². The minimum atomic E-state index is 0.411. The second kappa shape index (κ2) is 6.46. The van der Waals surface area contributed by atoms with Crippen LogP contribution < -0.4 is 0 Å². The summed E-state index contributed by atoms with van der Waals surface area (Å²) >= 11 is 8.24. The van der Waals surface area contributed by atoms with E-state index in [1.165, 1.54) is 27.3 Å². The van der Waals surface area contributed by atoms with Gasteiger partial charge in [-0.15, -0.1) is 11.8 Å². The number of halogens is 1. The molecule has 0 spiro atoms. The van der Waals surface area contributed by atoms with Crippen molar-refractivity contribution in [3.05, 3.63) is 95.1 Å². The lowest BCUT2D eigenvalue weighted by atomic mass is 9.98. The van der Waals surface area contributed by atoms with Gasteiger partial charge < -0.3 is 0 Å². The molecule has 2 heterocycles. The van der Waals surface area contributed by atoms with Crippen molar-refractivity contribution in [2.24, 2.45) is 0 Å². The Labute approximate surface area is 162 Å². The van der Waals surface area contributed by atoms with Gasteiger partial charge >= 0.3 is 0 Å². The molecule has 1 aliphatic rings. The molecule has 0 bridgehead atoms. The third-order valence-corrected chi connectivity index (χ3v) is 6.48. The molecule has 5 rings (SSSR count). The number of hydrogen-bond acceptors (Lipinski definition) is 2. The van der Waals surface area contributed by atoms with Crippen molar-refractivity contribution in [3.8, 4) is 11.1 Å². The molecule has 1 aliphatic heterocycles. The zero-order valence-corrected chi connectivity index (χ0v) is 15.6. The fourth-order valence-corrected chi connectivity index (χ4v) is 5.24. The van der Waals surface area contributed by atoms with Crippen LogP contribution in [0.15, 0.2) is 83.8 Å². The molecule has 0 fully saturated rings. The molecule has 1 aromatic heterocycles. The molecule has 0 saturated heterocycles. The zero-order chi connectivity index (χ0) is 17.5. The Morgan fingerprint density at radius 2 is 1.62 bits per heavy atom. The third-order valence-electron chi connectivity index (χ3n) is 4.85. The van der Waals surface area contributed by atoms with E-state index in [4.69, 9.17) is 16.6 Å². The highest BCUT2D eigenvalue weighted by molar-refractivity contribution is 8.00. The van der Waals surface area contributed by atoms with Crippen LogP contribution >= 0.6 is 23.4 Å². The molecular formula is C23H16ClNS. The first-order chi connectivity index (χ1) is 12.8. The second-order valence-electron chi connectivity index (χ2n) is 6.51. The SMILES string of the molecule is Clc1ccc2nc3c(c(-c4ccccc4)c2c1)SC(c1ccccc1)C3. The van der Waals surface area contributed by atoms with E-state index in [1.54, 1.807) is 0 Å². The van der Waals surface area contributed by atoms with E-state index < -0.39 is 0 Å². The maximum absolute atomic E-state index is 6.32. The van der Waals surface area contributed by atoms with E-state index in [2.05, 4.69) is 60.7 Å². The van der Waals surface area contributed by atoms with Gasteiger partial charge in [-0.3, -0.25) is 4.98 Å². The molecular weight excluding hydrogens is 358 g/mol. The summed E-state index contributed by atoms with van der Waals surface area (Å²) in [6.45, 7) is 0. The number of benzene rings is 3. The molecule has 0 amide bonds. The molecule has 126 valence electrons. The highest BCUT2D eigenvalue weighted by Gasteiger charge is 2.29. The molecule has 0 N–H and O–H groups in total. The maximum Gasteiger partial charge on any atom is 0.0713 e. The van der Waals surface area contributed by atoms with Crippen LogP contribution in [-0.2, 0) is 6.42 Å². The predicted molar refractivity (Wildman–Crippen MR) is 111 cm³/mol. The lowest BCUT2D eigenvalue weighted by molar-refractivity contribution is 0.912. The van der Waals surface area contributed by atoms with Crippen LogP contribution in [0.3, 0.4) is 0 Å². The highest BCUT2D eigenvalue weighted by Crippen LogP contribution is 2.51. The van der Waals surface area contributed by atoms with Gasteiger partial charge in [0.05, 0.1) is 11.2 Å². The summed E-state index contributed by atoms with van der Waals surface area (Å²) < 4.78 is 0. The molecule has 1 unspecified atom stereocenters. The third kappa shape index (κ3) is 2.70. The van der Waals surface area contributed by atoms with Gasteiger partial charge in [0, 0.05) is 32.5 Å². The second-order valence-corrected chi connectivity index (χ2v) is 8.16. The van der Waals surface area contributed by atoms with Gasteiger partial charge in [0.25, 0.3) is 0 Å². The van der Waals surface area contributed by atoms with Gasteiger partial charge in [-0.25, -0.2) is 0 Å². The molecule has 0 radical (unpaired) electrons. The Morgan fingerprint density at radius 3 is 2.38 bits per heavy atom. The fraction of sp³-hybridized carbons (Fsp3) is 0.0870. The van der Waals surface area contributed by atoms with Crippen LogP contribution in [0.25, 0.3) is 22.0 Å². The van der Waals surface area contributed by atoms with E-state index in [0.717, 1.165) is 22.3 Å². The summed E-state index contributed by atoms with van der Waals surface area (Å²) in [6, 6.07) is 27.3. The van der Waals surface area contributed by atoms with Crippen molar-refractivity contribution in [2.45, 2.75) is 16.6 Å². The molecule has 0 saturated carbocycles. The van der Waals surface area contributed by atoms with Crippen molar-refractivity contribution in [1.29, 1.82) is 0 Å². The number of aromatic nitrogens is 1. The lowest BCUT2D eigenvalue weighted by Crippen LogP contribution is -1.95. The van der Waals surface area contributed by atoms with Crippen molar-refractivity contribution in [2.75, 3.05) is 0 Å². The maximum atomic E-state index is 6.32. The van der Waals surface area contributed by atoms with Gasteiger partial charge in [-0.05, 0) is 29.3 Å². The van der Waals surface area contributed by atoms with Gasteiger partial charge in [0.1, 0.15) is 0 Å². The Bertz CT molecular complexity index is 1090. The first-order valence-corrected chi connectivity index (χ1v) is 9.94. The first-order valence-electron chi connectivity index (χ1n) is 8.69. The van der Waals surface area contributed by atoms with Gasteiger partial charge in [-0.2, -0.15) is 0 Å². The topological polar surface area (TPSA) is 12.9 Å². The number of hydrogen-bond donors (Lipinski definition) is 0.